The van der Waals surface area contributed by atoms with Crippen LogP contribution in [0.3, 0.4) is 0 Å². The van der Waals surface area contributed by atoms with Crippen LogP contribution in [0.1, 0.15) is 23.9 Å². The second-order valence-corrected chi connectivity index (χ2v) is 6.46. The Labute approximate surface area is 162 Å². The van der Waals surface area contributed by atoms with Crippen LogP contribution in [0, 0.1) is 0 Å². The van der Waals surface area contributed by atoms with E-state index in [4.69, 9.17) is 14.0 Å². The molecule has 0 N–H and O–H groups in total. The molecule has 1 unspecified atom stereocenters. The van der Waals surface area contributed by atoms with Crippen LogP contribution in [-0.4, -0.2) is 46.7 Å². The highest BCUT2D eigenvalue weighted by Crippen LogP contribution is 2.34. The van der Waals surface area contributed by atoms with E-state index in [-0.39, 0.29) is 18.4 Å². The molecule has 1 amide bonds. The van der Waals surface area contributed by atoms with E-state index in [1.165, 1.54) is 0 Å². The second-order valence-electron chi connectivity index (χ2n) is 6.46. The Morgan fingerprint density at radius 1 is 1.25 bits per heavy atom. The molecule has 2 aromatic heterocycles. The fourth-order valence-electron chi connectivity index (χ4n) is 3.19. The van der Waals surface area contributed by atoms with Crippen LogP contribution in [0.2, 0.25) is 0 Å². The zero-order chi connectivity index (χ0) is 19.5. The summed E-state index contributed by atoms with van der Waals surface area (Å²) in [7, 11) is 3.15. The van der Waals surface area contributed by atoms with Crippen molar-refractivity contribution >= 4 is 5.91 Å². The zero-order valence-corrected chi connectivity index (χ0v) is 15.7. The predicted molar refractivity (Wildman–Crippen MR) is 99.9 cm³/mol. The fourth-order valence-corrected chi connectivity index (χ4v) is 3.19. The molecule has 3 heterocycles. The van der Waals surface area contributed by atoms with Crippen LogP contribution in [0.25, 0.3) is 11.4 Å². The molecule has 28 heavy (non-hydrogen) atoms. The Bertz CT molecular complexity index is 973. The van der Waals surface area contributed by atoms with Crippen LogP contribution in [0.15, 0.2) is 47.2 Å². The van der Waals surface area contributed by atoms with E-state index in [1.54, 1.807) is 37.6 Å². The largest absolute Gasteiger partial charge is 0.493 e. The lowest BCUT2D eigenvalue weighted by Crippen LogP contribution is -2.46. The first kappa shape index (κ1) is 18.0. The highest BCUT2D eigenvalue weighted by Gasteiger charge is 2.37. The molecule has 8 nitrogen and oxygen atoms in total. The SMILES string of the molecule is COc1ccc(CC(=O)N2CCC2c2nc(-c3cccnc3)no2)cc1OC. The molecule has 4 rings (SSSR count). The Morgan fingerprint density at radius 3 is 2.79 bits per heavy atom. The van der Waals surface area contributed by atoms with E-state index >= 15 is 0 Å². The molecule has 1 aromatic carbocycles. The van der Waals surface area contributed by atoms with Gasteiger partial charge in [-0.1, -0.05) is 11.2 Å². The van der Waals surface area contributed by atoms with Crippen LogP contribution in [0.5, 0.6) is 11.5 Å². The summed E-state index contributed by atoms with van der Waals surface area (Å²) in [6, 6.07) is 8.97. The number of carbonyl (C=O) groups excluding carboxylic acids is 1. The van der Waals surface area contributed by atoms with E-state index in [1.807, 2.05) is 24.3 Å². The van der Waals surface area contributed by atoms with Crippen LogP contribution >= 0.6 is 0 Å². The van der Waals surface area contributed by atoms with Crippen molar-refractivity contribution in [3.63, 3.8) is 0 Å². The molecule has 1 fully saturated rings. The molecule has 1 saturated heterocycles. The Kier molecular flexibility index (Phi) is 4.92. The topological polar surface area (TPSA) is 90.6 Å². The smallest absolute Gasteiger partial charge is 0.249 e. The molecule has 1 aliphatic heterocycles. The summed E-state index contributed by atoms with van der Waals surface area (Å²) in [5.41, 5.74) is 1.63. The maximum absolute atomic E-state index is 12.8. The van der Waals surface area contributed by atoms with Crippen molar-refractivity contribution in [2.24, 2.45) is 0 Å². The number of aromatic nitrogens is 3. The van der Waals surface area contributed by atoms with E-state index in [2.05, 4.69) is 15.1 Å². The minimum absolute atomic E-state index is 0.00426. The third-order valence-corrected chi connectivity index (χ3v) is 4.79. The number of carbonyl (C=O) groups is 1. The molecule has 0 radical (unpaired) electrons. The van der Waals surface area contributed by atoms with Crippen molar-refractivity contribution in [2.75, 3.05) is 20.8 Å². The third-order valence-electron chi connectivity index (χ3n) is 4.79. The predicted octanol–water partition coefficient (Wildman–Crippen LogP) is 2.66. The maximum atomic E-state index is 12.8. The third kappa shape index (κ3) is 3.40. The fraction of sp³-hybridized carbons (Fsp3) is 0.300. The Hall–Kier alpha value is -3.42. The van der Waals surface area contributed by atoms with Gasteiger partial charge in [-0.25, -0.2) is 0 Å². The van der Waals surface area contributed by atoms with Crippen molar-refractivity contribution in [2.45, 2.75) is 18.9 Å². The number of amides is 1. The number of likely N-dealkylation sites (tertiary alicyclic amines) is 1. The van der Waals surface area contributed by atoms with Crippen molar-refractivity contribution in [1.82, 2.24) is 20.0 Å². The van der Waals surface area contributed by atoms with Crippen molar-refractivity contribution < 1.29 is 18.8 Å². The van der Waals surface area contributed by atoms with Crippen LogP contribution in [0.4, 0.5) is 0 Å². The monoisotopic (exact) mass is 380 g/mol. The maximum Gasteiger partial charge on any atom is 0.249 e. The van der Waals surface area contributed by atoms with Gasteiger partial charge in [-0.2, -0.15) is 4.98 Å². The van der Waals surface area contributed by atoms with Gasteiger partial charge in [0.1, 0.15) is 6.04 Å². The van der Waals surface area contributed by atoms with Gasteiger partial charge in [0.05, 0.1) is 20.6 Å². The van der Waals surface area contributed by atoms with Gasteiger partial charge in [0.25, 0.3) is 0 Å². The Balaban J connectivity index is 1.46. The van der Waals surface area contributed by atoms with Gasteiger partial charge in [0.15, 0.2) is 11.5 Å². The van der Waals surface area contributed by atoms with Crippen LogP contribution in [-0.2, 0) is 11.2 Å². The minimum atomic E-state index is -0.189. The summed E-state index contributed by atoms with van der Waals surface area (Å²) in [5.74, 6) is 2.16. The quantitative estimate of drug-likeness (QED) is 0.649. The number of ether oxygens (including phenoxy) is 2. The van der Waals surface area contributed by atoms with Crippen molar-refractivity contribution in [3.8, 4) is 22.9 Å². The molecule has 8 heteroatoms. The first-order valence-electron chi connectivity index (χ1n) is 8.94. The number of hydrogen-bond acceptors (Lipinski definition) is 7. The summed E-state index contributed by atoms with van der Waals surface area (Å²) < 4.78 is 15.9. The Morgan fingerprint density at radius 2 is 2.11 bits per heavy atom. The molecule has 0 spiro atoms. The molecular weight excluding hydrogens is 360 g/mol. The molecular formula is C20H20N4O4. The van der Waals surface area contributed by atoms with Crippen molar-refractivity contribution in [1.29, 1.82) is 0 Å². The summed E-state index contributed by atoms with van der Waals surface area (Å²) in [6.07, 6.45) is 4.42. The summed E-state index contributed by atoms with van der Waals surface area (Å²) in [4.78, 5) is 23.0. The highest BCUT2D eigenvalue weighted by atomic mass is 16.5. The lowest BCUT2D eigenvalue weighted by Gasteiger charge is -2.38. The van der Waals surface area contributed by atoms with Gasteiger partial charge < -0.3 is 18.9 Å². The highest BCUT2D eigenvalue weighted by molar-refractivity contribution is 5.80. The minimum Gasteiger partial charge on any atom is -0.493 e. The second kappa shape index (κ2) is 7.67. The van der Waals surface area contributed by atoms with Gasteiger partial charge in [-0.15, -0.1) is 0 Å². The molecule has 0 aliphatic carbocycles. The number of methoxy groups -OCH3 is 2. The first-order valence-corrected chi connectivity index (χ1v) is 8.94. The van der Waals surface area contributed by atoms with Gasteiger partial charge >= 0.3 is 0 Å². The molecule has 1 atom stereocenters. The van der Waals surface area contributed by atoms with Gasteiger partial charge in [-0.05, 0) is 36.2 Å². The van der Waals surface area contributed by atoms with Crippen molar-refractivity contribution in [3.05, 3.63) is 54.2 Å². The van der Waals surface area contributed by atoms with Crippen LogP contribution < -0.4 is 9.47 Å². The van der Waals surface area contributed by atoms with E-state index < -0.39 is 0 Å². The molecule has 3 aromatic rings. The number of hydrogen-bond donors (Lipinski definition) is 0. The molecule has 0 saturated carbocycles. The average molecular weight is 380 g/mol. The lowest BCUT2D eigenvalue weighted by atomic mass is 10.0. The zero-order valence-electron chi connectivity index (χ0n) is 15.7. The average Bonchev–Trinajstić information content (AvgIpc) is 3.17. The number of pyridine rings is 1. The van der Waals surface area contributed by atoms with E-state index in [0.29, 0.717) is 29.8 Å². The normalized spacial score (nSPS) is 15.8. The molecule has 1 aliphatic rings. The molecule has 144 valence electrons. The van der Waals surface area contributed by atoms with E-state index in [9.17, 15) is 4.79 Å². The van der Waals surface area contributed by atoms with Gasteiger partial charge in [0.2, 0.25) is 17.6 Å². The van der Waals surface area contributed by atoms with E-state index in [0.717, 1.165) is 17.5 Å². The van der Waals surface area contributed by atoms with Gasteiger partial charge in [0, 0.05) is 24.5 Å². The first-order chi connectivity index (χ1) is 13.7. The summed E-state index contributed by atoms with van der Waals surface area (Å²) >= 11 is 0. The number of rotatable bonds is 6. The molecule has 0 bridgehead atoms. The number of benzene rings is 1. The van der Waals surface area contributed by atoms with Gasteiger partial charge in [-0.3, -0.25) is 9.78 Å². The summed E-state index contributed by atoms with van der Waals surface area (Å²) in [6.45, 7) is 0.668. The lowest BCUT2D eigenvalue weighted by molar-refractivity contribution is -0.139. The standard InChI is InChI=1S/C20H20N4O4/c1-26-16-6-5-13(10-17(16)27-2)11-18(25)24-9-7-15(24)20-22-19(23-28-20)14-4-3-8-21-12-14/h3-6,8,10,12,15H,7,9,11H2,1-2H3. The summed E-state index contributed by atoms with van der Waals surface area (Å²) in [5, 5.41) is 4.01. The number of nitrogens with zero attached hydrogens (tertiary/aromatic N) is 4.